The Kier molecular flexibility index (Phi) is 11.1. The lowest BCUT2D eigenvalue weighted by Crippen LogP contribution is -2.25. The highest BCUT2D eigenvalue weighted by Crippen LogP contribution is 2.22. The molecule has 1 unspecified atom stereocenters. The van der Waals surface area contributed by atoms with Crippen molar-refractivity contribution >= 4 is 17.7 Å². The minimum Gasteiger partial charge on any atom is -0.392 e. The molecule has 130 valence electrons. The Morgan fingerprint density at radius 2 is 2.22 bits per heavy atom. The van der Waals surface area contributed by atoms with Crippen LogP contribution in [-0.4, -0.2) is 37.2 Å². The molecule has 0 heterocycles. The molecule has 0 radical (unpaired) electrons. The molecule has 8 heteroatoms. The van der Waals surface area contributed by atoms with Crippen molar-refractivity contribution in [1.82, 2.24) is 0 Å². The summed E-state index contributed by atoms with van der Waals surface area (Å²) in [7, 11) is 0. The van der Waals surface area contributed by atoms with Crippen molar-refractivity contribution in [1.29, 1.82) is 5.41 Å². The monoisotopic (exact) mass is 328 g/mol. The van der Waals surface area contributed by atoms with Gasteiger partial charge in [-0.2, -0.15) is 0 Å². The van der Waals surface area contributed by atoms with Gasteiger partial charge in [0.05, 0.1) is 25.2 Å². The fourth-order valence-electron chi connectivity index (χ4n) is 1.77. The van der Waals surface area contributed by atoms with Crippen LogP contribution in [0.1, 0.15) is 27.2 Å². The van der Waals surface area contributed by atoms with Gasteiger partial charge in [-0.25, -0.2) is 4.39 Å². The molecule has 1 atom stereocenters. The molecule has 0 saturated carbocycles. The number of nitrogens with one attached hydrogen (secondary N) is 2. The minimum atomic E-state index is -0.789. The van der Waals surface area contributed by atoms with E-state index in [0.717, 1.165) is 12.8 Å². The number of aliphatic hydroxyl groups excluding tert-OH is 1. The first-order valence-corrected chi connectivity index (χ1v) is 7.56. The predicted octanol–water partition coefficient (Wildman–Crippen LogP) is 3.15. The van der Waals surface area contributed by atoms with E-state index in [1.54, 1.807) is 12.1 Å². The molecule has 0 spiro atoms. The predicted molar refractivity (Wildman–Crippen MR) is 90.4 cm³/mol. The van der Waals surface area contributed by atoms with Gasteiger partial charge in [-0.3, -0.25) is 5.41 Å². The quantitative estimate of drug-likeness (QED) is 0.265. The number of aliphatic hydroxyl groups is 1. The van der Waals surface area contributed by atoms with E-state index < -0.39 is 11.9 Å². The largest absolute Gasteiger partial charge is 0.392 e. The molecule has 1 aromatic rings. The van der Waals surface area contributed by atoms with Crippen molar-refractivity contribution in [3.63, 3.8) is 0 Å². The number of nitrogens with zero attached hydrogens (tertiary/aromatic N) is 2. The molecule has 7 nitrogen and oxygen atoms in total. The Hall–Kier alpha value is -2.22. The van der Waals surface area contributed by atoms with Gasteiger partial charge in [0.25, 0.3) is 0 Å². The standard InChI is InChI=1S/C13H19FN4O3.C2H6/c1-2-5-18(9-15)13-4-3-10(6-12(13)14)16-7-11(8-19)21-17-20;1-2/h3-4,6,9,11,15-16,19H,2,5,7-8H2,1H3;1-2H3. The zero-order valence-electron chi connectivity index (χ0n) is 13.8. The van der Waals surface area contributed by atoms with Crippen LogP contribution in [0, 0.1) is 16.1 Å². The van der Waals surface area contributed by atoms with Crippen LogP contribution in [-0.2, 0) is 4.84 Å². The van der Waals surface area contributed by atoms with Crippen LogP contribution in [0.25, 0.3) is 0 Å². The Morgan fingerprint density at radius 1 is 1.52 bits per heavy atom. The molecule has 0 aliphatic carbocycles. The van der Waals surface area contributed by atoms with E-state index in [1.165, 1.54) is 11.0 Å². The molecule has 0 aromatic heterocycles. The molecule has 0 saturated heterocycles. The average molecular weight is 328 g/mol. The Morgan fingerprint density at radius 3 is 2.70 bits per heavy atom. The van der Waals surface area contributed by atoms with Crippen LogP contribution in [0.5, 0.6) is 0 Å². The highest BCUT2D eigenvalue weighted by atomic mass is 19.1. The zero-order valence-corrected chi connectivity index (χ0v) is 13.8. The number of halogens is 1. The van der Waals surface area contributed by atoms with Gasteiger partial charge in [0.1, 0.15) is 5.82 Å². The summed E-state index contributed by atoms with van der Waals surface area (Å²) < 4.78 is 14.0. The van der Waals surface area contributed by atoms with Crippen LogP contribution in [0.15, 0.2) is 23.5 Å². The Balaban J connectivity index is 0.00000232. The molecular formula is C15H25FN4O3. The first kappa shape index (κ1) is 20.8. The summed E-state index contributed by atoms with van der Waals surface area (Å²) in [5.41, 5.74) is 0.799. The van der Waals surface area contributed by atoms with E-state index >= 15 is 0 Å². The summed E-state index contributed by atoms with van der Waals surface area (Å²) in [6.07, 6.45) is 1.09. The van der Waals surface area contributed by atoms with Crippen LogP contribution in [0.3, 0.4) is 0 Å². The summed E-state index contributed by atoms with van der Waals surface area (Å²) >= 11 is 0. The van der Waals surface area contributed by atoms with E-state index in [9.17, 15) is 9.30 Å². The van der Waals surface area contributed by atoms with Gasteiger partial charge < -0.3 is 20.2 Å². The molecular weight excluding hydrogens is 303 g/mol. The fourth-order valence-corrected chi connectivity index (χ4v) is 1.77. The molecule has 0 fully saturated rings. The normalized spacial score (nSPS) is 10.8. The third kappa shape index (κ3) is 7.05. The summed E-state index contributed by atoms with van der Waals surface area (Å²) in [5.74, 6) is -0.466. The van der Waals surface area contributed by atoms with Crippen LogP contribution >= 0.6 is 0 Å². The minimum absolute atomic E-state index is 0.115. The lowest BCUT2D eigenvalue weighted by atomic mass is 10.2. The van der Waals surface area contributed by atoms with Gasteiger partial charge in [0.2, 0.25) is 0 Å². The molecule has 0 amide bonds. The SMILES string of the molecule is CC.CCCN(C=N)c1ccc(NCC(CO)ON=O)cc1F. The second-order valence-corrected chi connectivity index (χ2v) is 4.35. The second-order valence-electron chi connectivity index (χ2n) is 4.35. The molecule has 0 aliphatic rings. The first-order chi connectivity index (χ1) is 11.2. The molecule has 3 N–H and O–H groups in total. The van der Waals surface area contributed by atoms with Crippen LogP contribution in [0.4, 0.5) is 15.8 Å². The van der Waals surface area contributed by atoms with Crippen molar-refractivity contribution in [2.75, 3.05) is 29.9 Å². The van der Waals surface area contributed by atoms with Crippen molar-refractivity contribution in [2.24, 2.45) is 5.34 Å². The van der Waals surface area contributed by atoms with Gasteiger partial charge in [-0.15, -0.1) is 4.91 Å². The Bertz CT molecular complexity index is 474. The van der Waals surface area contributed by atoms with Gasteiger partial charge in [-0.05, 0) is 24.6 Å². The van der Waals surface area contributed by atoms with Crippen molar-refractivity contribution in [3.8, 4) is 0 Å². The summed E-state index contributed by atoms with van der Waals surface area (Å²) in [6, 6.07) is 4.49. The average Bonchev–Trinajstić information content (AvgIpc) is 2.58. The van der Waals surface area contributed by atoms with Gasteiger partial charge >= 0.3 is 0 Å². The number of anilines is 2. The van der Waals surface area contributed by atoms with E-state index in [0.29, 0.717) is 17.9 Å². The van der Waals surface area contributed by atoms with Gasteiger partial charge in [0.15, 0.2) is 11.4 Å². The summed E-state index contributed by atoms with van der Waals surface area (Å²) in [4.78, 5) is 15.8. The molecule has 0 aliphatic heterocycles. The van der Waals surface area contributed by atoms with E-state index in [2.05, 4.69) is 15.5 Å². The number of hydrogen-bond acceptors (Lipinski definition) is 6. The van der Waals surface area contributed by atoms with E-state index in [4.69, 9.17) is 10.5 Å². The Labute approximate surface area is 135 Å². The van der Waals surface area contributed by atoms with Gasteiger partial charge in [0, 0.05) is 12.2 Å². The summed E-state index contributed by atoms with van der Waals surface area (Å²) in [6.45, 7) is 6.24. The third-order valence-electron chi connectivity index (χ3n) is 2.81. The highest BCUT2D eigenvalue weighted by Gasteiger charge is 2.12. The lowest BCUT2D eigenvalue weighted by Gasteiger charge is -2.19. The maximum absolute atomic E-state index is 14.0. The van der Waals surface area contributed by atoms with Crippen molar-refractivity contribution < 1.29 is 14.3 Å². The fraction of sp³-hybridized carbons (Fsp3) is 0.533. The maximum atomic E-state index is 14.0. The number of rotatable bonds is 10. The van der Waals surface area contributed by atoms with E-state index in [-0.39, 0.29) is 13.2 Å². The van der Waals surface area contributed by atoms with Crippen LogP contribution < -0.4 is 10.2 Å². The van der Waals surface area contributed by atoms with E-state index in [1.807, 2.05) is 20.8 Å². The second kappa shape index (κ2) is 12.3. The molecule has 1 aromatic carbocycles. The number of benzene rings is 1. The zero-order chi connectivity index (χ0) is 17.7. The van der Waals surface area contributed by atoms with Gasteiger partial charge in [-0.1, -0.05) is 20.8 Å². The number of hydrogen-bond donors (Lipinski definition) is 3. The topological polar surface area (TPSA) is 98.0 Å². The smallest absolute Gasteiger partial charge is 0.170 e. The highest BCUT2D eigenvalue weighted by molar-refractivity contribution is 5.77. The summed E-state index contributed by atoms with van der Waals surface area (Å²) in [5, 5.41) is 21.3. The lowest BCUT2D eigenvalue weighted by molar-refractivity contribution is 0.0223. The maximum Gasteiger partial charge on any atom is 0.170 e. The molecule has 23 heavy (non-hydrogen) atoms. The van der Waals surface area contributed by atoms with Crippen molar-refractivity contribution in [3.05, 3.63) is 28.9 Å². The van der Waals surface area contributed by atoms with Crippen molar-refractivity contribution in [2.45, 2.75) is 33.3 Å². The third-order valence-corrected chi connectivity index (χ3v) is 2.81. The molecule has 0 bridgehead atoms. The van der Waals surface area contributed by atoms with Crippen LogP contribution in [0.2, 0.25) is 0 Å². The first-order valence-electron chi connectivity index (χ1n) is 7.56. The molecule has 1 rings (SSSR count).